The molecule has 2 aliphatic rings. The van der Waals surface area contributed by atoms with Crippen LogP contribution in [0.2, 0.25) is 0 Å². The van der Waals surface area contributed by atoms with Gasteiger partial charge in [-0.1, -0.05) is 26.0 Å². The molecule has 2 bridgehead atoms. The van der Waals surface area contributed by atoms with E-state index in [-0.39, 0.29) is 11.9 Å². The Morgan fingerprint density at radius 1 is 1.24 bits per heavy atom. The van der Waals surface area contributed by atoms with E-state index < -0.39 is 16.4 Å². The fraction of sp³-hybridized carbons (Fsp3) is 0.529. The van der Waals surface area contributed by atoms with E-state index in [2.05, 4.69) is 5.32 Å². The fourth-order valence-electron chi connectivity index (χ4n) is 3.70. The van der Waals surface area contributed by atoms with Crippen LogP contribution in [0.3, 0.4) is 0 Å². The summed E-state index contributed by atoms with van der Waals surface area (Å²) in [5.41, 5.74) is -0.323. The van der Waals surface area contributed by atoms with Crippen molar-refractivity contribution >= 4 is 17.6 Å². The largest absolute Gasteiger partial charge is 0.448 e. The van der Waals surface area contributed by atoms with Crippen molar-refractivity contribution in [1.29, 1.82) is 0 Å². The van der Waals surface area contributed by atoms with E-state index in [1.807, 2.05) is 52.0 Å². The molecule has 1 aliphatic heterocycles. The molecule has 1 saturated heterocycles. The standard InChI is InChI=1S/C17H21NO3/c1-11-6-5-7-12(10-11)18-13(19)17-9-8-16(4,14(20)21-17)15(17,2)3/h5-7,10H,8-9H2,1-4H3,(H,18,19)/t16-,17+/m1/s1. The van der Waals surface area contributed by atoms with Crippen molar-refractivity contribution in [2.24, 2.45) is 10.8 Å². The smallest absolute Gasteiger partial charge is 0.313 e. The Morgan fingerprint density at radius 3 is 2.48 bits per heavy atom. The van der Waals surface area contributed by atoms with Crippen molar-refractivity contribution in [2.45, 2.75) is 46.1 Å². The number of anilines is 1. The highest BCUT2D eigenvalue weighted by atomic mass is 16.6. The number of rotatable bonds is 2. The van der Waals surface area contributed by atoms with E-state index in [0.29, 0.717) is 12.8 Å². The lowest BCUT2D eigenvalue weighted by Gasteiger charge is -2.35. The summed E-state index contributed by atoms with van der Waals surface area (Å²) in [5.74, 6) is -0.467. The van der Waals surface area contributed by atoms with E-state index in [4.69, 9.17) is 4.74 Å². The molecule has 21 heavy (non-hydrogen) atoms. The molecule has 1 amide bonds. The van der Waals surface area contributed by atoms with Crippen LogP contribution in [0, 0.1) is 17.8 Å². The van der Waals surface area contributed by atoms with Gasteiger partial charge in [0.2, 0.25) is 0 Å². The molecule has 1 aromatic rings. The van der Waals surface area contributed by atoms with E-state index in [1.165, 1.54) is 0 Å². The summed E-state index contributed by atoms with van der Waals surface area (Å²) in [5, 5.41) is 2.92. The maximum Gasteiger partial charge on any atom is 0.313 e. The van der Waals surface area contributed by atoms with E-state index >= 15 is 0 Å². The minimum absolute atomic E-state index is 0.215. The molecule has 0 unspecified atom stereocenters. The van der Waals surface area contributed by atoms with Crippen LogP contribution in [0.25, 0.3) is 0 Å². The number of amides is 1. The van der Waals surface area contributed by atoms with Gasteiger partial charge in [-0.25, -0.2) is 0 Å². The van der Waals surface area contributed by atoms with Gasteiger partial charge in [-0.15, -0.1) is 0 Å². The Labute approximate surface area is 124 Å². The van der Waals surface area contributed by atoms with Crippen LogP contribution in [-0.2, 0) is 14.3 Å². The highest BCUT2D eigenvalue weighted by Crippen LogP contribution is 2.65. The third-order valence-corrected chi connectivity index (χ3v) is 5.73. The van der Waals surface area contributed by atoms with Crippen LogP contribution < -0.4 is 5.32 Å². The van der Waals surface area contributed by atoms with Crippen LogP contribution in [-0.4, -0.2) is 17.5 Å². The summed E-state index contributed by atoms with van der Waals surface area (Å²) in [6.45, 7) is 7.80. The molecule has 4 heteroatoms. The first-order valence-corrected chi connectivity index (χ1v) is 7.34. The number of esters is 1. The van der Waals surface area contributed by atoms with Crippen molar-refractivity contribution in [1.82, 2.24) is 0 Å². The van der Waals surface area contributed by atoms with Crippen molar-refractivity contribution in [2.75, 3.05) is 5.32 Å². The number of aryl methyl sites for hydroxylation is 1. The highest BCUT2D eigenvalue weighted by Gasteiger charge is 2.75. The molecular formula is C17H21NO3. The Balaban J connectivity index is 1.93. The average molecular weight is 287 g/mol. The quantitative estimate of drug-likeness (QED) is 0.851. The molecule has 1 aromatic carbocycles. The van der Waals surface area contributed by atoms with Gasteiger partial charge in [-0.3, -0.25) is 9.59 Å². The summed E-state index contributed by atoms with van der Waals surface area (Å²) >= 11 is 0. The summed E-state index contributed by atoms with van der Waals surface area (Å²) < 4.78 is 5.58. The molecule has 2 fully saturated rings. The topological polar surface area (TPSA) is 55.4 Å². The van der Waals surface area contributed by atoms with Crippen molar-refractivity contribution in [3.8, 4) is 0 Å². The van der Waals surface area contributed by atoms with Gasteiger partial charge in [0.05, 0.1) is 5.41 Å². The van der Waals surface area contributed by atoms with E-state index in [9.17, 15) is 9.59 Å². The number of nitrogens with one attached hydrogen (secondary N) is 1. The molecule has 0 spiro atoms. The zero-order valence-corrected chi connectivity index (χ0v) is 12.9. The second kappa shape index (κ2) is 4.09. The van der Waals surface area contributed by atoms with Gasteiger partial charge in [0, 0.05) is 11.1 Å². The Hall–Kier alpha value is -1.84. The van der Waals surface area contributed by atoms with E-state index in [0.717, 1.165) is 11.3 Å². The van der Waals surface area contributed by atoms with Gasteiger partial charge < -0.3 is 10.1 Å². The van der Waals surface area contributed by atoms with Crippen LogP contribution in [0.5, 0.6) is 0 Å². The number of carbonyl (C=O) groups is 2. The monoisotopic (exact) mass is 287 g/mol. The van der Waals surface area contributed by atoms with Crippen molar-refractivity contribution in [3.63, 3.8) is 0 Å². The van der Waals surface area contributed by atoms with Gasteiger partial charge in [-0.2, -0.15) is 0 Å². The highest BCUT2D eigenvalue weighted by molar-refractivity contribution is 6.03. The van der Waals surface area contributed by atoms with Crippen molar-refractivity contribution in [3.05, 3.63) is 29.8 Å². The fourth-order valence-corrected chi connectivity index (χ4v) is 3.70. The molecule has 1 N–H and O–H groups in total. The number of ether oxygens (including phenoxy) is 1. The zero-order valence-electron chi connectivity index (χ0n) is 12.9. The lowest BCUT2D eigenvalue weighted by molar-refractivity contribution is -0.165. The lowest BCUT2D eigenvalue weighted by Crippen LogP contribution is -2.50. The molecule has 4 nitrogen and oxygen atoms in total. The molecule has 1 aliphatic carbocycles. The predicted molar refractivity (Wildman–Crippen MR) is 79.8 cm³/mol. The molecule has 3 rings (SSSR count). The maximum absolute atomic E-state index is 12.8. The summed E-state index contributed by atoms with van der Waals surface area (Å²) in [6, 6.07) is 7.62. The second-order valence-electron chi connectivity index (χ2n) is 7.00. The van der Waals surface area contributed by atoms with Crippen LogP contribution >= 0.6 is 0 Å². The first-order valence-electron chi connectivity index (χ1n) is 7.34. The number of carbonyl (C=O) groups excluding carboxylic acids is 2. The summed E-state index contributed by atoms with van der Waals surface area (Å²) in [6.07, 6.45) is 1.28. The van der Waals surface area contributed by atoms with Gasteiger partial charge in [0.15, 0.2) is 5.60 Å². The van der Waals surface area contributed by atoms with Crippen LogP contribution in [0.4, 0.5) is 5.69 Å². The second-order valence-corrected chi connectivity index (χ2v) is 7.00. The third-order valence-electron chi connectivity index (χ3n) is 5.73. The first-order chi connectivity index (χ1) is 9.73. The first kappa shape index (κ1) is 14.1. The lowest BCUT2D eigenvalue weighted by atomic mass is 9.66. The summed E-state index contributed by atoms with van der Waals surface area (Å²) in [4.78, 5) is 25.0. The minimum Gasteiger partial charge on any atom is -0.448 e. The Bertz CT molecular complexity index is 637. The van der Waals surface area contributed by atoms with Gasteiger partial charge in [0.1, 0.15) is 0 Å². The van der Waals surface area contributed by atoms with Crippen LogP contribution in [0.1, 0.15) is 39.2 Å². The number of hydrogen-bond donors (Lipinski definition) is 1. The number of fused-ring (bicyclic) bond motifs is 2. The Kier molecular flexibility index (Phi) is 2.75. The normalized spacial score (nSPS) is 32.9. The summed E-state index contributed by atoms with van der Waals surface area (Å²) in [7, 11) is 0. The van der Waals surface area contributed by atoms with E-state index in [1.54, 1.807) is 0 Å². The van der Waals surface area contributed by atoms with Crippen LogP contribution in [0.15, 0.2) is 24.3 Å². The third kappa shape index (κ3) is 1.62. The molecule has 112 valence electrons. The maximum atomic E-state index is 12.8. The number of hydrogen-bond acceptors (Lipinski definition) is 3. The molecule has 0 aromatic heterocycles. The minimum atomic E-state index is -1.05. The zero-order chi connectivity index (χ0) is 15.5. The Morgan fingerprint density at radius 2 is 1.95 bits per heavy atom. The van der Waals surface area contributed by atoms with Gasteiger partial charge in [-0.05, 0) is 44.4 Å². The molecule has 1 heterocycles. The molecular weight excluding hydrogens is 266 g/mol. The number of benzene rings is 1. The molecule has 2 atom stereocenters. The average Bonchev–Trinajstić information content (AvgIpc) is 2.69. The molecule has 1 saturated carbocycles. The van der Waals surface area contributed by atoms with Gasteiger partial charge >= 0.3 is 5.97 Å². The molecule has 0 radical (unpaired) electrons. The SMILES string of the molecule is Cc1cccc(NC(=O)[C@]23CC[C@](C)(C(=O)O2)C3(C)C)c1. The van der Waals surface area contributed by atoms with Crippen molar-refractivity contribution < 1.29 is 14.3 Å². The predicted octanol–water partition coefficient (Wildman–Crippen LogP) is 3.06. The van der Waals surface area contributed by atoms with Gasteiger partial charge in [0.25, 0.3) is 5.91 Å².